The number of benzene rings is 3. The van der Waals surface area contributed by atoms with E-state index in [1.807, 2.05) is 68.4 Å². The van der Waals surface area contributed by atoms with Crippen LogP contribution in [0.5, 0.6) is 11.5 Å². The standard InChI is InChI=1S/C34H35NO6/c1-5-15-38-26-19-31(39-16-6-2)29-21-28(34(37)41-32(29)20-26)23-11-9-22(10-12-23)27-17-24-13-14-25(35(7-3)8-4)18-30(24)40-33(27)36/h9-14,17-21H,5-8,15-16H2,1-4H3. The maximum absolute atomic E-state index is 13.0. The molecule has 0 spiro atoms. The molecular weight excluding hydrogens is 518 g/mol. The van der Waals surface area contributed by atoms with Crippen molar-refractivity contribution in [1.29, 1.82) is 0 Å². The normalized spacial score (nSPS) is 11.2. The molecule has 0 atom stereocenters. The highest BCUT2D eigenvalue weighted by Gasteiger charge is 2.15. The lowest BCUT2D eigenvalue weighted by Gasteiger charge is -2.21. The van der Waals surface area contributed by atoms with Crippen LogP contribution in [0, 0.1) is 0 Å². The minimum atomic E-state index is -0.464. The Labute approximate surface area is 238 Å². The second-order valence-electron chi connectivity index (χ2n) is 9.90. The van der Waals surface area contributed by atoms with Crippen LogP contribution in [-0.4, -0.2) is 26.3 Å². The molecular formula is C34H35NO6. The van der Waals surface area contributed by atoms with E-state index in [0.717, 1.165) is 37.0 Å². The van der Waals surface area contributed by atoms with E-state index in [1.165, 1.54) is 0 Å². The number of rotatable bonds is 11. The molecule has 212 valence electrons. The summed E-state index contributed by atoms with van der Waals surface area (Å²) in [6.45, 7) is 11.1. The first-order valence-electron chi connectivity index (χ1n) is 14.3. The molecule has 0 amide bonds. The van der Waals surface area contributed by atoms with E-state index in [1.54, 1.807) is 12.1 Å². The predicted octanol–water partition coefficient (Wildman–Crippen LogP) is 7.66. The lowest BCUT2D eigenvalue weighted by atomic mass is 10.0. The Morgan fingerprint density at radius 1 is 0.659 bits per heavy atom. The van der Waals surface area contributed by atoms with Crippen LogP contribution in [0.15, 0.2) is 85.2 Å². The molecule has 0 fully saturated rings. The number of fused-ring (bicyclic) bond motifs is 2. The number of ether oxygens (including phenoxy) is 2. The van der Waals surface area contributed by atoms with Crippen LogP contribution in [0.4, 0.5) is 5.69 Å². The van der Waals surface area contributed by atoms with E-state index in [4.69, 9.17) is 18.3 Å². The third kappa shape index (κ3) is 5.85. The van der Waals surface area contributed by atoms with E-state index in [2.05, 4.69) is 18.7 Å². The van der Waals surface area contributed by atoms with Crippen molar-refractivity contribution < 1.29 is 18.3 Å². The van der Waals surface area contributed by atoms with Gasteiger partial charge >= 0.3 is 11.3 Å². The van der Waals surface area contributed by atoms with Crippen LogP contribution < -0.4 is 25.6 Å². The van der Waals surface area contributed by atoms with Crippen molar-refractivity contribution >= 4 is 27.6 Å². The van der Waals surface area contributed by atoms with Crippen LogP contribution >= 0.6 is 0 Å². The molecule has 3 aromatic carbocycles. The Morgan fingerprint density at radius 2 is 1.27 bits per heavy atom. The van der Waals surface area contributed by atoms with E-state index >= 15 is 0 Å². The molecule has 0 aliphatic rings. The largest absolute Gasteiger partial charge is 0.493 e. The van der Waals surface area contributed by atoms with Crippen molar-refractivity contribution in [2.24, 2.45) is 0 Å². The minimum absolute atomic E-state index is 0.405. The smallest absolute Gasteiger partial charge is 0.344 e. The van der Waals surface area contributed by atoms with Crippen LogP contribution in [-0.2, 0) is 0 Å². The predicted molar refractivity (Wildman–Crippen MR) is 165 cm³/mol. The molecule has 7 nitrogen and oxygen atoms in total. The van der Waals surface area contributed by atoms with Crippen LogP contribution in [0.3, 0.4) is 0 Å². The van der Waals surface area contributed by atoms with E-state index in [-0.39, 0.29) is 0 Å². The van der Waals surface area contributed by atoms with Gasteiger partial charge < -0.3 is 23.2 Å². The Kier molecular flexibility index (Phi) is 8.43. The molecule has 5 aromatic rings. The van der Waals surface area contributed by atoms with Gasteiger partial charge in [0.1, 0.15) is 22.7 Å². The molecule has 0 N–H and O–H groups in total. The summed E-state index contributed by atoms with van der Waals surface area (Å²) in [5.41, 5.74) is 3.34. The van der Waals surface area contributed by atoms with Crippen LogP contribution in [0.25, 0.3) is 44.2 Å². The average Bonchev–Trinajstić information content (AvgIpc) is 2.98. The quantitative estimate of drug-likeness (QED) is 0.155. The van der Waals surface area contributed by atoms with E-state index < -0.39 is 11.3 Å². The first-order chi connectivity index (χ1) is 19.9. The average molecular weight is 554 g/mol. The van der Waals surface area contributed by atoms with Crippen molar-refractivity contribution in [2.75, 3.05) is 31.2 Å². The van der Waals surface area contributed by atoms with Gasteiger partial charge in [-0.05, 0) is 62.1 Å². The van der Waals surface area contributed by atoms with Gasteiger partial charge in [-0.3, -0.25) is 0 Å². The summed E-state index contributed by atoms with van der Waals surface area (Å²) >= 11 is 0. The van der Waals surface area contributed by atoms with Crippen molar-refractivity contribution in [2.45, 2.75) is 40.5 Å². The topological polar surface area (TPSA) is 82.1 Å². The lowest BCUT2D eigenvalue weighted by Crippen LogP contribution is -2.21. The Balaban J connectivity index is 1.50. The Bertz CT molecular complexity index is 1780. The number of hydrogen-bond acceptors (Lipinski definition) is 7. The molecule has 0 bridgehead atoms. The maximum Gasteiger partial charge on any atom is 0.344 e. The van der Waals surface area contributed by atoms with Gasteiger partial charge in [0.25, 0.3) is 0 Å². The summed E-state index contributed by atoms with van der Waals surface area (Å²) in [4.78, 5) is 28.2. The minimum Gasteiger partial charge on any atom is -0.493 e. The fraction of sp³-hybridized carbons (Fsp3) is 0.294. The zero-order valence-corrected chi connectivity index (χ0v) is 24.0. The first kappa shape index (κ1) is 28.0. The number of anilines is 1. The van der Waals surface area contributed by atoms with Gasteiger partial charge in [0.2, 0.25) is 0 Å². The van der Waals surface area contributed by atoms with Gasteiger partial charge in [0, 0.05) is 42.4 Å². The second kappa shape index (κ2) is 12.3. The van der Waals surface area contributed by atoms with Gasteiger partial charge in [-0.15, -0.1) is 0 Å². The molecule has 41 heavy (non-hydrogen) atoms. The monoisotopic (exact) mass is 553 g/mol. The van der Waals surface area contributed by atoms with Gasteiger partial charge in [0.15, 0.2) is 0 Å². The van der Waals surface area contributed by atoms with E-state index in [0.29, 0.717) is 63.5 Å². The lowest BCUT2D eigenvalue weighted by molar-refractivity contribution is 0.303. The summed E-state index contributed by atoms with van der Waals surface area (Å²) in [6.07, 6.45) is 1.70. The second-order valence-corrected chi connectivity index (χ2v) is 9.90. The van der Waals surface area contributed by atoms with Crippen molar-refractivity contribution in [3.05, 3.63) is 87.6 Å². The highest BCUT2D eigenvalue weighted by atomic mass is 16.5. The zero-order chi connectivity index (χ0) is 28.9. The Morgan fingerprint density at radius 3 is 1.90 bits per heavy atom. The van der Waals surface area contributed by atoms with E-state index in [9.17, 15) is 9.59 Å². The van der Waals surface area contributed by atoms with Crippen molar-refractivity contribution in [1.82, 2.24) is 0 Å². The van der Waals surface area contributed by atoms with Crippen LogP contribution in [0.2, 0.25) is 0 Å². The first-order valence-corrected chi connectivity index (χ1v) is 14.3. The molecule has 0 unspecified atom stereocenters. The fourth-order valence-electron chi connectivity index (χ4n) is 4.91. The van der Waals surface area contributed by atoms with Crippen molar-refractivity contribution in [3.8, 4) is 33.8 Å². The van der Waals surface area contributed by atoms with Crippen molar-refractivity contribution in [3.63, 3.8) is 0 Å². The zero-order valence-electron chi connectivity index (χ0n) is 24.0. The SMILES string of the molecule is CCCOc1cc(OCCC)c2cc(-c3ccc(-c4cc5ccc(N(CC)CC)cc5oc4=O)cc3)c(=O)oc2c1. The summed E-state index contributed by atoms with van der Waals surface area (Å²) in [5, 5.41) is 1.54. The van der Waals surface area contributed by atoms with Gasteiger partial charge in [0.05, 0.1) is 29.7 Å². The third-order valence-corrected chi connectivity index (χ3v) is 7.08. The number of hydrogen-bond donors (Lipinski definition) is 0. The van der Waals surface area contributed by atoms with Gasteiger partial charge in [-0.1, -0.05) is 38.1 Å². The maximum atomic E-state index is 13.0. The summed E-state index contributed by atoms with van der Waals surface area (Å²) < 4.78 is 23.2. The molecule has 0 aliphatic carbocycles. The Hall–Kier alpha value is -4.52. The molecule has 5 rings (SSSR count). The van der Waals surface area contributed by atoms with Gasteiger partial charge in [-0.25, -0.2) is 9.59 Å². The summed E-state index contributed by atoms with van der Waals surface area (Å²) in [5.74, 6) is 1.21. The molecule has 0 aliphatic heterocycles. The number of nitrogens with zero attached hydrogens (tertiary/aromatic N) is 1. The summed E-state index contributed by atoms with van der Waals surface area (Å²) in [7, 11) is 0. The summed E-state index contributed by atoms with van der Waals surface area (Å²) in [6, 6.07) is 20.4. The molecule has 7 heteroatoms. The fourth-order valence-corrected chi connectivity index (χ4v) is 4.91. The highest BCUT2D eigenvalue weighted by molar-refractivity contribution is 5.89. The van der Waals surface area contributed by atoms with Crippen LogP contribution in [0.1, 0.15) is 40.5 Å². The molecule has 0 saturated carbocycles. The molecule has 2 aromatic heterocycles. The third-order valence-electron chi connectivity index (χ3n) is 7.08. The molecule has 0 saturated heterocycles. The van der Waals surface area contributed by atoms with Gasteiger partial charge in [-0.2, -0.15) is 0 Å². The molecule has 2 heterocycles. The molecule has 0 radical (unpaired) electrons. The highest BCUT2D eigenvalue weighted by Crippen LogP contribution is 2.34.